The van der Waals surface area contributed by atoms with Crippen molar-refractivity contribution < 1.29 is 13.9 Å². The Morgan fingerprint density at radius 2 is 2.17 bits per heavy atom. The zero-order valence-electron chi connectivity index (χ0n) is 16.7. The second kappa shape index (κ2) is 9.05. The summed E-state index contributed by atoms with van der Waals surface area (Å²) in [4.78, 5) is 14.4. The van der Waals surface area contributed by atoms with Crippen molar-refractivity contribution in [3.63, 3.8) is 0 Å². The Morgan fingerprint density at radius 3 is 2.86 bits per heavy atom. The maximum Gasteiger partial charge on any atom is 0.224 e. The molecular formula is C22H29FN4O2. The molecule has 2 N–H and O–H groups in total. The second-order valence-corrected chi connectivity index (χ2v) is 8.47. The van der Waals surface area contributed by atoms with Crippen LogP contribution in [0.4, 0.5) is 4.39 Å². The molecule has 156 valence electrons. The molecule has 7 heteroatoms. The quantitative estimate of drug-likeness (QED) is 0.782. The first kappa shape index (κ1) is 20.0. The average Bonchev–Trinajstić information content (AvgIpc) is 3.23. The monoisotopic (exact) mass is 400 g/mol. The van der Waals surface area contributed by atoms with E-state index in [1.165, 1.54) is 6.07 Å². The van der Waals surface area contributed by atoms with Gasteiger partial charge in [-0.2, -0.15) is 5.10 Å². The van der Waals surface area contributed by atoms with E-state index in [9.17, 15) is 9.18 Å². The third-order valence-electron chi connectivity index (χ3n) is 6.28. The third-order valence-corrected chi connectivity index (χ3v) is 6.28. The zero-order valence-corrected chi connectivity index (χ0v) is 16.7. The van der Waals surface area contributed by atoms with Crippen LogP contribution in [0.1, 0.15) is 36.8 Å². The molecule has 2 aliphatic heterocycles. The van der Waals surface area contributed by atoms with Crippen LogP contribution in [-0.2, 0) is 22.5 Å². The summed E-state index contributed by atoms with van der Waals surface area (Å²) < 4.78 is 19.5. The van der Waals surface area contributed by atoms with E-state index >= 15 is 0 Å². The fraction of sp³-hybridized carbons (Fsp3) is 0.545. The molecule has 1 unspecified atom stereocenters. The number of amides is 1. The summed E-state index contributed by atoms with van der Waals surface area (Å²) in [6.45, 7) is 4.18. The highest BCUT2D eigenvalue weighted by Crippen LogP contribution is 2.40. The molecule has 2 saturated heterocycles. The predicted octanol–water partition coefficient (Wildman–Crippen LogP) is 2.67. The number of hydrogen-bond donors (Lipinski definition) is 2. The van der Waals surface area contributed by atoms with Crippen molar-refractivity contribution in [3.8, 4) is 0 Å². The van der Waals surface area contributed by atoms with Gasteiger partial charge in [-0.05, 0) is 67.4 Å². The van der Waals surface area contributed by atoms with Crippen molar-refractivity contribution in [1.82, 2.24) is 20.4 Å². The summed E-state index contributed by atoms with van der Waals surface area (Å²) in [6, 6.07) is 6.88. The zero-order chi connectivity index (χ0) is 20.1. The summed E-state index contributed by atoms with van der Waals surface area (Å²) in [5, 5.41) is 9.55. The van der Waals surface area contributed by atoms with Gasteiger partial charge in [-0.25, -0.2) is 4.39 Å². The number of ether oxygens (including phenoxy) is 1. The second-order valence-electron chi connectivity index (χ2n) is 8.47. The Bertz CT molecular complexity index is 793. The molecule has 0 saturated carbocycles. The number of carbonyl (C=O) groups is 1. The van der Waals surface area contributed by atoms with E-state index in [4.69, 9.17) is 4.74 Å². The number of H-pyrrole nitrogens is 1. The number of aromatic nitrogens is 2. The first-order chi connectivity index (χ1) is 14.1. The van der Waals surface area contributed by atoms with E-state index in [1.807, 2.05) is 6.07 Å². The minimum absolute atomic E-state index is 0.000874. The number of piperidine rings is 1. The van der Waals surface area contributed by atoms with Gasteiger partial charge in [0.25, 0.3) is 0 Å². The number of benzene rings is 1. The number of halogens is 1. The van der Waals surface area contributed by atoms with Crippen LogP contribution in [0.15, 0.2) is 36.7 Å². The molecule has 2 aromatic rings. The third kappa shape index (κ3) is 5.42. The normalized spacial score (nSPS) is 21.9. The smallest absolute Gasteiger partial charge is 0.224 e. The molecule has 6 nitrogen and oxygen atoms in total. The lowest BCUT2D eigenvalue weighted by atomic mass is 9.73. The van der Waals surface area contributed by atoms with Gasteiger partial charge >= 0.3 is 0 Å². The van der Waals surface area contributed by atoms with Gasteiger partial charge in [0.05, 0.1) is 25.3 Å². The minimum Gasteiger partial charge on any atom is -0.376 e. The SMILES string of the molecule is O=C(Cc1cn[nH]c1)NCC1CCC2(CCN(Cc3cccc(F)c3)CC2)CO1. The van der Waals surface area contributed by atoms with Crippen molar-refractivity contribution in [3.05, 3.63) is 53.6 Å². The van der Waals surface area contributed by atoms with Crippen LogP contribution < -0.4 is 5.32 Å². The Kier molecular flexibility index (Phi) is 6.25. The Balaban J connectivity index is 1.17. The topological polar surface area (TPSA) is 70.2 Å². The fourth-order valence-corrected chi connectivity index (χ4v) is 4.40. The van der Waals surface area contributed by atoms with E-state index in [0.717, 1.165) is 63.1 Å². The average molecular weight is 400 g/mol. The van der Waals surface area contributed by atoms with Crippen molar-refractivity contribution in [1.29, 1.82) is 0 Å². The Hall–Kier alpha value is -2.25. The molecule has 1 atom stereocenters. The van der Waals surface area contributed by atoms with E-state index < -0.39 is 0 Å². The van der Waals surface area contributed by atoms with Gasteiger partial charge in [-0.15, -0.1) is 0 Å². The molecule has 4 rings (SSSR count). The number of nitrogens with zero attached hydrogens (tertiary/aromatic N) is 2. The maximum absolute atomic E-state index is 13.4. The number of carbonyl (C=O) groups excluding carboxylic acids is 1. The highest BCUT2D eigenvalue weighted by molar-refractivity contribution is 5.78. The van der Waals surface area contributed by atoms with E-state index in [1.54, 1.807) is 24.5 Å². The highest BCUT2D eigenvalue weighted by atomic mass is 19.1. The largest absolute Gasteiger partial charge is 0.376 e. The van der Waals surface area contributed by atoms with E-state index in [-0.39, 0.29) is 23.2 Å². The van der Waals surface area contributed by atoms with E-state index in [2.05, 4.69) is 20.4 Å². The summed E-state index contributed by atoms with van der Waals surface area (Å²) in [7, 11) is 0. The van der Waals surface area contributed by atoms with Gasteiger partial charge in [-0.1, -0.05) is 12.1 Å². The lowest BCUT2D eigenvalue weighted by molar-refractivity contribution is -0.122. The molecule has 1 amide bonds. The number of rotatable bonds is 6. The van der Waals surface area contributed by atoms with Crippen molar-refractivity contribution >= 4 is 5.91 Å². The van der Waals surface area contributed by atoms with Crippen molar-refractivity contribution in [2.75, 3.05) is 26.2 Å². The molecule has 2 fully saturated rings. The molecular weight excluding hydrogens is 371 g/mol. The molecule has 1 aromatic heterocycles. The highest BCUT2D eigenvalue weighted by Gasteiger charge is 2.38. The van der Waals surface area contributed by atoms with Crippen molar-refractivity contribution in [2.45, 2.75) is 44.8 Å². The number of likely N-dealkylation sites (tertiary alicyclic amines) is 1. The number of aromatic amines is 1. The van der Waals surface area contributed by atoms with Gasteiger partial charge < -0.3 is 10.1 Å². The van der Waals surface area contributed by atoms with Gasteiger partial charge in [0.2, 0.25) is 5.91 Å². The minimum atomic E-state index is -0.167. The van der Waals surface area contributed by atoms with Crippen LogP contribution in [0.3, 0.4) is 0 Å². The summed E-state index contributed by atoms with van der Waals surface area (Å²) in [5.41, 5.74) is 2.18. The van der Waals surface area contributed by atoms with Gasteiger partial charge in [-0.3, -0.25) is 14.8 Å². The Labute approximate surface area is 170 Å². The lowest BCUT2D eigenvalue weighted by Crippen LogP contribution is -2.47. The molecule has 3 heterocycles. The van der Waals surface area contributed by atoms with Gasteiger partial charge in [0.1, 0.15) is 5.82 Å². The molecule has 0 aliphatic carbocycles. The first-order valence-corrected chi connectivity index (χ1v) is 10.4. The molecule has 0 radical (unpaired) electrons. The van der Waals surface area contributed by atoms with Crippen LogP contribution in [0, 0.1) is 11.2 Å². The number of nitrogens with one attached hydrogen (secondary N) is 2. The molecule has 0 bridgehead atoms. The molecule has 1 aromatic carbocycles. The van der Waals surface area contributed by atoms with Crippen LogP contribution in [0.5, 0.6) is 0 Å². The van der Waals surface area contributed by atoms with Gasteiger partial charge in [0.15, 0.2) is 0 Å². The van der Waals surface area contributed by atoms with Crippen molar-refractivity contribution in [2.24, 2.45) is 5.41 Å². The van der Waals surface area contributed by atoms with E-state index in [0.29, 0.717) is 13.0 Å². The summed E-state index contributed by atoms with van der Waals surface area (Å²) >= 11 is 0. The first-order valence-electron chi connectivity index (χ1n) is 10.4. The molecule has 1 spiro atoms. The van der Waals surface area contributed by atoms with Gasteiger partial charge in [0, 0.05) is 19.3 Å². The summed E-state index contributed by atoms with van der Waals surface area (Å²) in [5.74, 6) is -0.166. The van der Waals surface area contributed by atoms with Crippen LogP contribution in [0.2, 0.25) is 0 Å². The lowest BCUT2D eigenvalue weighted by Gasteiger charge is -2.45. The van der Waals surface area contributed by atoms with Crippen LogP contribution in [0.25, 0.3) is 0 Å². The van der Waals surface area contributed by atoms with Crippen LogP contribution >= 0.6 is 0 Å². The van der Waals surface area contributed by atoms with Crippen LogP contribution in [-0.4, -0.2) is 53.3 Å². The molecule has 29 heavy (non-hydrogen) atoms. The number of hydrogen-bond acceptors (Lipinski definition) is 4. The molecule has 2 aliphatic rings. The predicted molar refractivity (Wildman–Crippen MR) is 108 cm³/mol. The summed E-state index contributed by atoms with van der Waals surface area (Å²) in [6.07, 6.45) is 8.19. The maximum atomic E-state index is 13.4. The standard InChI is InChI=1S/C22H29FN4O2/c23-19-3-1-2-17(10-19)15-27-8-6-22(7-9-27)5-4-20(29-16-22)14-24-21(28)11-18-12-25-26-13-18/h1-3,10,12-13,20H,4-9,11,14-16H2,(H,24,28)(H,25,26). The fourth-order valence-electron chi connectivity index (χ4n) is 4.40. The Morgan fingerprint density at radius 1 is 1.31 bits per heavy atom.